The topological polar surface area (TPSA) is 60.5 Å². The zero-order valence-corrected chi connectivity index (χ0v) is 10.5. The molecule has 0 spiro atoms. The van der Waals surface area contributed by atoms with Crippen LogP contribution in [0.25, 0.3) is 0 Å². The van der Waals surface area contributed by atoms with Crippen LogP contribution in [0.2, 0.25) is 5.15 Å². The zero-order valence-electron chi connectivity index (χ0n) is 9.77. The van der Waals surface area contributed by atoms with Crippen molar-refractivity contribution in [3.05, 3.63) is 29.0 Å². The van der Waals surface area contributed by atoms with Gasteiger partial charge in [0.2, 0.25) is 0 Å². The standard InChI is InChI=1S/C11H15ClN2O3/c1-16-7-8(17-2)6-13-11(15)9-4-3-5-10(12)14-9/h3-5,8H,6-7H2,1-2H3,(H,13,15). The maximum atomic E-state index is 11.7. The summed E-state index contributed by atoms with van der Waals surface area (Å²) in [7, 11) is 3.14. The van der Waals surface area contributed by atoms with E-state index in [1.54, 1.807) is 32.4 Å². The largest absolute Gasteiger partial charge is 0.382 e. The molecule has 1 amide bonds. The molecule has 0 saturated carbocycles. The predicted octanol–water partition coefficient (Wildman–Crippen LogP) is 1.13. The number of hydrogen-bond donors (Lipinski definition) is 1. The molecule has 1 heterocycles. The van der Waals surface area contributed by atoms with Crippen molar-refractivity contribution in [3.63, 3.8) is 0 Å². The summed E-state index contributed by atoms with van der Waals surface area (Å²) in [5.74, 6) is -0.286. The van der Waals surface area contributed by atoms with Crippen molar-refractivity contribution in [3.8, 4) is 0 Å². The fourth-order valence-electron chi connectivity index (χ4n) is 1.23. The van der Waals surface area contributed by atoms with Crippen LogP contribution in [0.5, 0.6) is 0 Å². The summed E-state index contributed by atoms with van der Waals surface area (Å²) < 4.78 is 10.1. The minimum absolute atomic E-state index is 0.178. The Morgan fingerprint density at radius 3 is 2.88 bits per heavy atom. The molecule has 0 radical (unpaired) electrons. The number of nitrogens with zero attached hydrogens (tertiary/aromatic N) is 1. The number of ether oxygens (including phenoxy) is 2. The van der Waals surface area contributed by atoms with Crippen LogP contribution in [-0.4, -0.2) is 44.4 Å². The molecular weight excluding hydrogens is 244 g/mol. The Bertz CT molecular complexity index is 373. The summed E-state index contributed by atoms with van der Waals surface area (Å²) in [6.45, 7) is 0.775. The van der Waals surface area contributed by atoms with E-state index in [4.69, 9.17) is 21.1 Å². The van der Waals surface area contributed by atoms with E-state index in [9.17, 15) is 4.79 Å². The number of amides is 1. The molecule has 0 aromatic carbocycles. The Morgan fingerprint density at radius 1 is 1.53 bits per heavy atom. The smallest absolute Gasteiger partial charge is 0.270 e. The maximum Gasteiger partial charge on any atom is 0.270 e. The Labute approximate surface area is 105 Å². The van der Waals surface area contributed by atoms with Crippen LogP contribution in [0.4, 0.5) is 0 Å². The quantitative estimate of drug-likeness (QED) is 0.777. The number of pyridine rings is 1. The van der Waals surface area contributed by atoms with Crippen molar-refractivity contribution >= 4 is 17.5 Å². The fourth-order valence-corrected chi connectivity index (χ4v) is 1.39. The molecule has 1 rings (SSSR count). The Morgan fingerprint density at radius 2 is 2.29 bits per heavy atom. The molecule has 1 N–H and O–H groups in total. The second-order valence-electron chi connectivity index (χ2n) is 3.37. The lowest BCUT2D eigenvalue weighted by molar-refractivity contribution is 0.0285. The second-order valence-corrected chi connectivity index (χ2v) is 3.76. The highest BCUT2D eigenvalue weighted by atomic mass is 35.5. The van der Waals surface area contributed by atoms with Gasteiger partial charge in [0.25, 0.3) is 5.91 Å². The third kappa shape index (κ3) is 4.68. The van der Waals surface area contributed by atoms with Crippen LogP contribution >= 0.6 is 11.6 Å². The second kappa shape index (κ2) is 7.21. The van der Waals surface area contributed by atoms with Crippen LogP contribution in [-0.2, 0) is 9.47 Å². The third-order valence-electron chi connectivity index (χ3n) is 2.12. The van der Waals surface area contributed by atoms with Crippen molar-refractivity contribution in [2.45, 2.75) is 6.10 Å². The highest BCUT2D eigenvalue weighted by Gasteiger charge is 2.11. The summed E-state index contributed by atoms with van der Waals surface area (Å²) in [6, 6.07) is 4.88. The van der Waals surface area contributed by atoms with E-state index >= 15 is 0 Å². The van der Waals surface area contributed by atoms with Crippen LogP contribution in [0.1, 0.15) is 10.5 Å². The number of carbonyl (C=O) groups is 1. The molecule has 0 aliphatic rings. The van der Waals surface area contributed by atoms with Gasteiger partial charge in [-0.1, -0.05) is 17.7 Å². The minimum atomic E-state index is -0.286. The van der Waals surface area contributed by atoms with Gasteiger partial charge in [0.1, 0.15) is 10.8 Å². The monoisotopic (exact) mass is 258 g/mol. The van der Waals surface area contributed by atoms with Crippen molar-refractivity contribution < 1.29 is 14.3 Å². The molecule has 1 aromatic heterocycles. The highest BCUT2D eigenvalue weighted by Crippen LogP contribution is 2.04. The molecule has 94 valence electrons. The lowest BCUT2D eigenvalue weighted by Gasteiger charge is -2.14. The van der Waals surface area contributed by atoms with Gasteiger partial charge < -0.3 is 14.8 Å². The third-order valence-corrected chi connectivity index (χ3v) is 2.33. The predicted molar refractivity (Wildman–Crippen MR) is 64.3 cm³/mol. The minimum Gasteiger partial charge on any atom is -0.382 e. The van der Waals surface area contributed by atoms with E-state index in [0.29, 0.717) is 13.2 Å². The number of rotatable bonds is 6. The van der Waals surface area contributed by atoms with Gasteiger partial charge in [-0.2, -0.15) is 0 Å². The maximum absolute atomic E-state index is 11.7. The number of nitrogens with one attached hydrogen (secondary N) is 1. The first-order valence-corrected chi connectivity index (χ1v) is 5.47. The van der Waals surface area contributed by atoms with Crippen LogP contribution in [0.3, 0.4) is 0 Å². The number of carbonyl (C=O) groups excluding carboxylic acids is 1. The number of hydrogen-bond acceptors (Lipinski definition) is 4. The summed E-state index contributed by atoms with van der Waals surface area (Å²) >= 11 is 5.69. The van der Waals surface area contributed by atoms with Gasteiger partial charge >= 0.3 is 0 Å². The van der Waals surface area contributed by atoms with Gasteiger partial charge in [-0.3, -0.25) is 4.79 Å². The average molecular weight is 259 g/mol. The summed E-state index contributed by atoms with van der Waals surface area (Å²) in [4.78, 5) is 15.6. The van der Waals surface area contributed by atoms with Crippen molar-refractivity contribution in [2.75, 3.05) is 27.4 Å². The molecule has 5 nitrogen and oxygen atoms in total. The van der Waals surface area contributed by atoms with E-state index in [-0.39, 0.29) is 22.9 Å². The molecule has 1 aromatic rings. The summed E-state index contributed by atoms with van der Waals surface area (Å²) in [5.41, 5.74) is 0.282. The van der Waals surface area contributed by atoms with Crippen molar-refractivity contribution in [1.29, 1.82) is 0 Å². The molecular formula is C11H15ClN2O3. The van der Waals surface area contributed by atoms with Crippen LogP contribution < -0.4 is 5.32 Å². The van der Waals surface area contributed by atoms with Gasteiger partial charge in [-0.25, -0.2) is 4.98 Å². The molecule has 1 unspecified atom stereocenters. The lowest BCUT2D eigenvalue weighted by Crippen LogP contribution is -2.35. The van der Waals surface area contributed by atoms with Gasteiger partial charge in [-0.05, 0) is 12.1 Å². The van der Waals surface area contributed by atoms with Crippen molar-refractivity contribution in [1.82, 2.24) is 10.3 Å². The van der Waals surface area contributed by atoms with Crippen LogP contribution in [0, 0.1) is 0 Å². The highest BCUT2D eigenvalue weighted by molar-refractivity contribution is 6.29. The van der Waals surface area contributed by atoms with Gasteiger partial charge in [0.15, 0.2) is 0 Å². The molecule has 0 aliphatic carbocycles. The SMILES string of the molecule is COCC(CNC(=O)c1cccc(Cl)n1)OC. The number of methoxy groups -OCH3 is 2. The average Bonchev–Trinajstić information content (AvgIpc) is 2.34. The van der Waals surface area contributed by atoms with Gasteiger partial charge in [-0.15, -0.1) is 0 Å². The fraction of sp³-hybridized carbons (Fsp3) is 0.455. The lowest BCUT2D eigenvalue weighted by atomic mass is 10.3. The van der Waals surface area contributed by atoms with Crippen LogP contribution in [0.15, 0.2) is 18.2 Å². The zero-order chi connectivity index (χ0) is 12.7. The van der Waals surface area contributed by atoms with E-state index in [1.807, 2.05) is 0 Å². The van der Waals surface area contributed by atoms with Gasteiger partial charge in [0, 0.05) is 20.8 Å². The molecule has 0 saturated heterocycles. The van der Waals surface area contributed by atoms with Gasteiger partial charge in [0.05, 0.1) is 12.7 Å². The first-order valence-electron chi connectivity index (χ1n) is 5.10. The molecule has 0 fully saturated rings. The Kier molecular flexibility index (Phi) is 5.90. The number of halogens is 1. The molecule has 0 aliphatic heterocycles. The summed E-state index contributed by atoms with van der Waals surface area (Å²) in [6.07, 6.45) is -0.178. The molecule has 6 heteroatoms. The van der Waals surface area contributed by atoms with E-state index in [0.717, 1.165) is 0 Å². The molecule has 1 atom stereocenters. The molecule has 17 heavy (non-hydrogen) atoms. The van der Waals surface area contributed by atoms with E-state index < -0.39 is 0 Å². The summed E-state index contributed by atoms with van der Waals surface area (Å²) in [5, 5.41) is 2.99. The van der Waals surface area contributed by atoms with Crippen molar-refractivity contribution in [2.24, 2.45) is 0 Å². The normalized spacial score (nSPS) is 12.2. The first kappa shape index (κ1) is 13.9. The Hall–Kier alpha value is -1.17. The number of aromatic nitrogens is 1. The Balaban J connectivity index is 2.49. The first-order chi connectivity index (χ1) is 8.17. The van der Waals surface area contributed by atoms with E-state index in [2.05, 4.69) is 10.3 Å². The molecule has 0 bridgehead atoms. The van der Waals surface area contributed by atoms with E-state index in [1.165, 1.54) is 0 Å².